The zero-order valence-electron chi connectivity index (χ0n) is 12.8. The highest BCUT2D eigenvalue weighted by molar-refractivity contribution is 8.13. The van der Waals surface area contributed by atoms with Crippen LogP contribution in [0.4, 0.5) is 11.4 Å². The number of carbonyl (C=O) groups is 1. The Bertz CT molecular complexity index is 615. The summed E-state index contributed by atoms with van der Waals surface area (Å²) < 4.78 is 0. The Hall–Kier alpha value is -2.00. The second-order valence-corrected chi connectivity index (χ2v) is 6.12. The van der Waals surface area contributed by atoms with E-state index in [1.807, 2.05) is 37.6 Å². The first-order valence-electron chi connectivity index (χ1n) is 7.33. The normalized spacial score (nSPS) is 15.4. The van der Waals surface area contributed by atoms with Gasteiger partial charge in [-0.25, -0.2) is 4.99 Å². The topological polar surface area (TPSA) is 77.3 Å². The van der Waals surface area contributed by atoms with Crippen LogP contribution >= 0.6 is 11.8 Å². The average molecular weight is 316 g/mol. The van der Waals surface area contributed by atoms with Crippen molar-refractivity contribution in [2.75, 3.05) is 11.6 Å². The van der Waals surface area contributed by atoms with Gasteiger partial charge in [0.1, 0.15) is 0 Å². The van der Waals surface area contributed by atoms with Gasteiger partial charge in [0.15, 0.2) is 11.4 Å². The summed E-state index contributed by atoms with van der Waals surface area (Å²) in [4.78, 5) is 16.6. The Balaban J connectivity index is 2.15. The highest BCUT2D eigenvalue weighted by atomic mass is 32.2. The van der Waals surface area contributed by atoms with Crippen LogP contribution in [0.1, 0.15) is 31.2 Å². The van der Waals surface area contributed by atoms with Crippen LogP contribution < -0.4 is 10.6 Å². The average Bonchev–Trinajstić information content (AvgIpc) is 3.04. The summed E-state index contributed by atoms with van der Waals surface area (Å²) in [6, 6.07) is 5.66. The third-order valence-electron chi connectivity index (χ3n) is 3.78. The Morgan fingerprint density at radius 2 is 2.14 bits per heavy atom. The lowest BCUT2D eigenvalue weighted by molar-refractivity contribution is -0.119. The lowest BCUT2D eigenvalue weighted by Crippen LogP contribution is -2.20. The fourth-order valence-corrected chi connectivity index (χ4v) is 2.86. The van der Waals surface area contributed by atoms with Gasteiger partial charge in [-0.2, -0.15) is 5.26 Å². The molecule has 6 heteroatoms. The molecule has 2 N–H and O–H groups in total. The van der Waals surface area contributed by atoms with Gasteiger partial charge in [-0.05, 0) is 43.7 Å². The van der Waals surface area contributed by atoms with Gasteiger partial charge in [0.2, 0.25) is 5.91 Å². The fourth-order valence-electron chi connectivity index (χ4n) is 2.52. The number of hydrogen-bond donors (Lipinski definition) is 2. The summed E-state index contributed by atoms with van der Waals surface area (Å²) in [6.07, 6.45) is 7.95. The van der Waals surface area contributed by atoms with Crippen LogP contribution in [0.25, 0.3) is 0 Å². The van der Waals surface area contributed by atoms with Gasteiger partial charge in [-0.1, -0.05) is 30.7 Å². The molecule has 0 saturated heterocycles. The van der Waals surface area contributed by atoms with Crippen molar-refractivity contribution in [3.05, 3.63) is 23.8 Å². The lowest BCUT2D eigenvalue weighted by atomic mass is 10.1. The number of benzene rings is 1. The molecule has 1 fully saturated rings. The maximum atomic E-state index is 12.2. The summed E-state index contributed by atoms with van der Waals surface area (Å²) in [7, 11) is 0. The number of aryl methyl sites for hydroxylation is 1. The van der Waals surface area contributed by atoms with E-state index in [1.165, 1.54) is 11.8 Å². The number of nitrogens with one attached hydrogen (secondary N) is 2. The third kappa shape index (κ3) is 4.25. The van der Waals surface area contributed by atoms with Gasteiger partial charge in [0, 0.05) is 11.6 Å². The number of hydrogen-bond acceptors (Lipinski definition) is 4. The van der Waals surface area contributed by atoms with Crippen molar-refractivity contribution in [2.24, 2.45) is 10.9 Å². The molecular formula is C16H20N4OS. The van der Waals surface area contributed by atoms with Crippen LogP contribution in [0, 0.1) is 24.3 Å². The minimum absolute atomic E-state index is 0.0940. The van der Waals surface area contributed by atoms with Crippen LogP contribution in [0.5, 0.6) is 0 Å². The predicted octanol–water partition coefficient (Wildman–Crippen LogP) is 3.54. The molecule has 0 spiro atoms. The molecule has 1 aliphatic carbocycles. The van der Waals surface area contributed by atoms with E-state index in [1.54, 1.807) is 0 Å². The smallest absolute Gasteiger partial charge is 0.227 e. The van der Waals surface area contributed by atoms with Crippen LogP contribution in [0.15, 0.2) is 23.2 Å². The summed E-state index contributed by atoms with van der Waals surface area (Å²) in [5.74, 6) is 0.229. The molecule has 0 heterocycles. The molecule has 1 saturated carbocycles. The Morgan fingerprint density at radius 1 is 1.41 bits per heavy atom. The fraction of sp³-hybridized carbons (Fsp3) is 0.438. The second kappa shape index (κ2) is 7.85. The largest absolute Gasteiger partial charge is 0.326 e. The van der Waals surface area contributed by atoms with Gasteiger partial charge in [0.25, 0.3) is 0 Å². The van der Waals surface area contributed by atoms with Gasteiger partial charge in [0.05, 0.1) is 5.69 Å². The van der Waals surface area contributed by atoms with E-state index in [0.717, 1.165) is 42.6 Å². The van der Waals surface area contributed by atoms with Crippen molar-refractivity contribution in [3.63, 3.8) is 0 Å². The summed E-state index contributed by atoms with van der Waals surface area (Å²) in [5, 5.41) is 14.7. The summed E-state index contributed by atoms with van der Waals surface area (Å²) >= 11 is 1.37. The first-order chi connectivity index (χ1) is 10.6. The lowest BCUT2D eigenvalue weighted by Gasteiger charge is -2.12. The maximum absolute atomic E-state index is 12.2. The van der Waals surface area contributed by atoms with E-state index in [-0.39, 0.29) is 11.8 Å². The minimum atomic E-state index is 0.0940. The van der Waals surface area contributed by atoms with E-state index in [2.05, 4.69) is 15.6 Å². The molecule has 0 aliphatic heterocycles. The number of nitrogens with zero attached hydrogens (tertiary/aromatic N) is 2. The third-order valence-corrected chi connectivity index (χ3v) is 4.36. The molecule has 2 rings (SSSR count). The Labute approximate surface area is 135 Å². The first-order valence-corrected chi connectivity index (χ1v) is 8.56. The standard InChI is InChI=1S/C16H20N4OS/c1-11-7-8-13(19-15(21)12-5-3-4-6-12)9-14(11)20-16(22-2)18-10-17/h7-9,12H,3-6H2,1-2H3,(H,18,20)(H,19,21). The molecule has 0 aromatic heterocycles. The number of anilines is 1. The van der Waals surface area contributed by atoms with Gasteiger partial charge in [-0.15, -0.1) is 0 Å². The SMILES string of the molecule is CSC(=Nc1cc(NC(=O)C2CCCC2)ccc1C)NC#N. The number of thioether (sulfide) groups is 1. The van der Waals surface area contributed by atoms with Crippen molar-refractivity contribution in [1.82, 2.24) is 5.32 Å². The molecule has 0 atom stereocenters. The predicted molar refractivity (Wildman–Crippen MR) is 91.1 cm³/mol. The maximum Gasteiger partial charge on any atom is 0.227 e. The number of nitriles is 1. The summed E-state index contributed by atoms with van der Waals surface area (Å²) in [5.41, 5.74) is 2.49. The molecule has 1 aromatic rings. The van der Waals surface area contributed by atoms with Crippen molar-refractivity contribution >= 4 is 34.2 Å². The molecule has 1 aliphatic rings. The number of amidine groups is 1. The molecule has 5 nitrogen and oxygen atoms in total. The van der Waals surface area contributed by atoms with Crippen molar-refractivity contribution in [1.29, 1.82) is 5.26 Å². The van der Waals surface area contributed by atoms with Crippen molar-refractivity contribution in [2.45, 2.75) is 32.6 Å². The van der Waals surface area contributed by atoms with E-state index in [0.29, 0.717) is 5.17 Å². The van der Waals surface area contributed by atoms with Crippen LogP contribution in [-0.4, -0.2) is 17.3 Å². The molecule has 0 bridgehead atoms. The van der Waals surface area contributed by atoms with Gasteiger partial charge < -0.3 is 5.32 Å². The van der Waals surface area contributed by atoms with Crippen LogP contribution in [-0.2, 0) is 4.79 Å². The van der Waals surface area contributed by atoms with Crippen molar-refractivity contribution < 1.29 is 4.79 Å². The summed E-state index contributed by atoms with van der Waals surface area (Å²) in [6.45, 7) is 1.95. The number of amides is 1. The molecule has 1 aromatic carbocycles. The van der Waals surface area contributed by atoms with E-state index in [4.69, 9.17) is 5.26 Å². The van der Waals surface area contributed by atoms with Crippen LogP contribution in [0.2, 0.25) is 0 Å². The molecule has 22 heavy (non-hydrogen) atoms. The molecule has 0 radical (unpaired) electrons. The highest BCUT2D eigenvalue weighted by Crippen LogP contribution is 2.28. The van der Waals surface area contributed by atoms with E-state index >= 15 is 0 Å². The van der Waals surface area contributed by atoms with Crippen molar-refractivity contribution in [3.8, 4) is 6.19 Å². The zero-order chi connectivity index (χ0) is 15.9. The highest BCUT2D eigenvalue weighted by Gasteiger charge is 2.22. The number of aliphatic imine (C=N–C) groups is 1. The second-order valence-electron chi connectivity index (χ2n) is 5.33. The zero-order valence-corrected chi connectivity index (χ0v) is 13.7. The monoisotopic (exact) mass is 316 g/mol. The molecular weight excluding hydrogens is 296 g/mol. The van der Waals surface area contributed by atoms with Gasteiger partial charge >= 0.3 is 0 Å². The molecule has 0 unspecified atom stereocenters. The quantitative estimate of drug-likeness (QED) is 0.387. The Kier molecular flexibility index (Phi) is 5.84. The Morgan fingerprint density at radius 3 is 2.77 bits per heavy atom. The molecule has 1 amide bonds. The first kappa shape index (κ1) is 16.4. The van der Waals surface area contributed by atoms with Crippen LogP contribution in [0.3, 0.4) is 0 Å². The van der Waals surface area contributed by atoms with Gasteiger partial charge in [-0.3, -0.25) is 10.1 Å². The van der Waals surface area contributed by atoms with E-state index in [9.17, 15) is 4.79 Å². The number of carbonyl (C=O) groups excluding carboxylic acids is 1. The molecule has 116 valence electrons. The minimum Gasteiger partial charge on any atom is -0.326 e. The van der Waals surface area contributed by atoms with E-state index < -0.39 is 0 Å². The number of rotatable bonds is 3.